The van der Waals surface area contributed by atoms with Crippen molar-refractivity contribution in [1.29, 1.82) is 0 Å². The van der Waals surface area contributed by atoms with Gasteiger partial charge in [-0.1, -0.05) is 13.8 Å². The van der Waals surface area contributed by atoms with Crippen LogP contribution >= 0.6 is 0 Å². The maximum atomic E-state index is 10.8. The summed E-state index contributed by atoms with van der Waals surface area (Å²) in [5, 5.41) is 10.8. The van der Waals surface area contributed by atoms with E-state index in [0.717, 1.165) is 0 Å². The van der Waals surface area contributed by atoms with Crippen molar-refractivity contribution in [3.8, 4) is 5.88 Å². The number of nitro groups is 1. The van der Waals surface area contributed by atoms with Crippen molar-refractivity contribution in [2.75, 3.05) is 12.3 Å². The Morgan fingerprint density at radius 2 is 2.12 bits per heavy atom. The zero-order chi connectivity index (χ0) is 12.3. The molecule has 0 aliphatic rings. The van der Waals surface area contributed by atoms with Gasteiger partial charge in [0, 0.05) is 0 Å². The molecule has 7 heteroatoms. The van der Waals surface area contributed by atoms with E-state index in [4.69, 9.17) is 10.5 Å². The molecule has 88 valence electrons. The number of hydrogen-bond donors (Lipinski definition) is 1. The molecule has 0 atom stereocenters. The molecule has 16 heavy (non-hydrogen) atoms. The Morgan fingerprint density at radius 3 is 2.62 bits per heavy atom. The molecule has 1 aromatic heterocycles. The average Bonchev–Trinajstić information content (AvgIpc) is 2.12. The van der Waals surface area contributed by atoms with E-state index >= 15 is 0 Å². The van der Waals surface area contributed by atoms with Crippen LogP contribution in [0.1, 0.15) is 19.7 Å². The molecule has 0 aliphatic heterocycles. The summed E-state index contributed by atoms with van der Waals surface area (Å²) in [5.41, 5.74) is 5.09. The van der Waals surface area contributed by atoms with Crippen LogP contribution in [0.3, 0.4) is 0 Å². The third-order valence-corrected chi connectivity index (χ3v) is 1.73. The molecule has 0 saturated heterocycles. The Labute approximate surface area is 92.8 Å². The summed E-state index contributed by atoms with van der Waals surface area (Å²) in [5.74, 6) is 0.359. The van der Waals surface area contributed by atoms with E-state index in [-0.39, 0.29) is 23.3 Å². The fourth-order valence-electron chi connectivity index (χ4n) is 1.08. The van der Waals surface area contributed by atoms with Crippen molar-refractivity contribution < 1.29 is 9.66 Å². The van der Waals surface area contributed by atoms with Gasteiger partial charge in [-0.05, 0) is 12.8 Å². The summed E-state index contributed by atoms with van der Waals surface area (Å²) >= 11 is 0. The van der Waals surface area contributed by atoms with Crippen molar-refractivity contribution in [2.45, 2.75) is 20.8 Å². The standard InChI is InChI=1S/C9H14N4O3/c1-5(2)4-16-9-7(13(14)15)8(10)11-6(3)12-9/h5H,4H2,1-3H3,(H2,10,11,12). The number of rotatable bonds is 4. The molecule has 0 bridgehead atoms. The van der Waals surface area contributed by atoms with Crippen LogP contribution in [0.2, 0.25) is 0 Å². The molecule has 0 amide bonds. The van der Waals surface area contributed by atoms with Gasteiger partial charge in [0.15, 0.2) is 0 Å². The number of nitrogens with two attached hydrogens (primary N) is 1. The smallest absolute Gasteiger partial charge is 0.372 e. The summed E-state index contributed by atoms with van der Waals surface area (Å²) in [7, 11) is 0. The van der Waals surface area contributed by atoms with Crippen LogP contribution in [0.5, 0.6) is 5.88 Å². The Balaban J connectivity index is 3.09. The van der Waals surface area contributed by atoms with Gasteiger partial charge in [-0.15, -0.1) is 0 Å². The second-order valence-electron chi connectivity index (χ2n) is 3.77. The number of nitrogens with zero attached hydrogens (tertiary/aromatic N) is 3. The Morgan fingerprint density at radius 1 is 1.50 bits per heavy atom. The van der Waals surface area contributed by atoms with Crippen molar-refractivity contribution in [1.82, 2.24) is 9.97 Å². The number of hydrogen-bond acceptors (Lipinski definition) is 6. The van der Waals surface area contributed by atoms with E-state index < -0.39 is 4.92 Å². The average molecular weight is 226 g/mol. The van der Waals surface area contributed by atoms with Crippen molar-refractivity contribution >= 4 is 11.5 Å². The molecular weight excluding hydrogens is 212 g/mol. The Bertz CT molecular complexity index is 406. The molecule has 0 saturated carbocycles. The fourth-order valence-corrected chi connectivity index (χ4v) is 1.08. The quantitative estimate of drug-likeness (QED) is 0.613. The molecule has 0 unspecified atom stereocenters. The minimum atomic E-state index is -0.634. The molecule has 0 fully saturated rings. The first-order chi connectivity index (χ1) is 7.41. The summed E-state index contributed by atoms with van der Waals surface area (Å²) in [4.78, 5) is 17.7. The fraction of sp³-hybridized carbons (Fsp3) is 0.556. The lowest BCUT2D eigenvalue weighted by molar-refractivity contribution is -0.385. The topological polar surface area (TPSA) is 104 Å². The van der Waals surface area contributed by atoms with Crippen LogP contribution < -0.4 is 10.5 Å². The first-order valence-electron chi connectivity index (χ1n) is 4.83. The zero-order valence-electron chi connectivity index (χ0n) is 9.43. The van der Waals surface area contributed by atoms with Gasteiger partial charge < -0.3 is 10.5 Å². The predicted octanol–water partition coefficient (Wildman–Crippen LogP) is 1.31. The van der Waals surface area contributed by atoms with E-state index in [1.165, 1.54) is 0 Å². The zero-order valence-corrected chi connectivity index (χ0v) is 9.43. The second kappa shape index (κ2) is 4.73. The van der Waals surface area contributed by atoms with Gasteiger partial charge in [0.1, 0.15) is 5.82 Å². The number of aryl methyl sites for hydroxylation is 1. The largest absolute Gasteiger partial charge is 0.472 e. The molecule has 1 aromatic rings. The molecular formula is C9H14N4O3. The lowest BCUT2D eigenvalue weighted by Crippen LogP contribution is -2.10. The van der Waals surface area contributed by atoms with Crippen molar-refractivity contribution in [3.63, 3.8) is 0 Å². The monoisotopic (exact) mass is 226 g/mol. The van der Waals surface area contributed by atoms with Crippen molar-refractivity contribution in [2.24, 2.45) is 5.92 Å². The van der Waals surface area contributed by atoms with Gasteiger partial charge in [0.2, 0.25) is 5.82 Å². The summed E-state index contributed by atoms with van der Waals surface area (Å²) in [6.07, 6.45) is 0. The number of aromatic nitrogens is 2. The molecule has 7 nitrogen and oxygen atoms in total. The van der Waals surface area contributed by atoms with Crippen LogP contribution in [-0.2, 0) is 0 Å². The van der Waals surface area contributed by atoms with Crippen molar-refractivity contribution in [3.05, 3.63) is 15.9 Å². The van der Waals surface area contributed by atoms with Gasteiger partial charge >= 0.3 is 5.69 Å². The van der Waals surface area contributed by atoms with Crippen LogP contribution in [0.4, 0.5) is 11.5 Å². The van der Waals surface area contributed by atoms with Crippen LogP contribution in [0, 0.1) is 23.0 Å². The summed E-state index contributed by atoms with van der Waals surface area (Å²) in [6, 6.07) is 0. The highest BCUT2D eigenvalue weighted by molar-refractivity contribution is 5.58. The van der Waals surface area contributed by atoms with E-state index in [2.05, 4.69) is 9.97 Å². The molecule has 0 aliphatic carbocycles. The van der Waals surface area contributed by atoms with E-state index in [1.807, 2.05) is 13.8 Å². The summed E-state index contributed by atoms with van der Waals surface area (Å²) in [6.45, 7) is 5.81. The Hall–Kier alpha value is -1.92. The molecule has 0 radical (unpaired) electrons. The summed E-state index contributed by atoms with van der Waals surface area (Å²) < 4.78 is 5.25. The normalized spacial score (nSPS) is 10.5. The van der Waals surface area contributed by atoms with E-state index in [1.54, 1.807) is 6.92 Å². The Kier molecular flexibility index (Phi) is 3.60. The first kappa shape index (κ1) is 12.2. The minimum Gasteiger partial charge on any atom is -0.472 e. The van der Waals surface area contributed by atoms with Crippen LogP contribution in [-0.4, -0.2) is 21.5 Å². The van der Waals surface area contributed by atoms with Gasteiger partial charge in [-0.25, -0.2) is 4.98 Å². The lowest BCUT2D eigenvalue weighted by atomic mass is 10.2. The third-order valence-electron chi connectivity index (χ3n) is 1.73. The molecule has 2 N–H and O–H groups in total. The van der Waals surface area contributed by atoms with Crippen LogP contribution in [0.15, 0.2) is 0 Å². The number of nitrogen functional groups attached to an aromatic ring is 1. The highest BCUT2D eigenvalue weighted by atomic mass is 16.6. The third kappa shape index (κ3) is 2.78. The number of ether oxygens (including phenoxy) is 1. The number of anilines is 1. The second-order valence-corrected chi connectivity index (χ2v) is 3.77. The minimum absolute atomic E-state index is 0.0660. The first-order valence-corrected chi connectivity index (χ1v) is 4.83. The highest BCUT2D eigenvalue weighted by Gasteiger charge is 2.23. The lowest BCUT2D eigenvalue weighted by Gasteiger charge is -2.09. The maximum Gasteiger partial charge on any atom is 0.372 e. The highest BCUT2D eigenvalue weighted by Crippen LogP contribution is 2.29. The maximum absolute atomic E-state index is 10.8. The molecule has 0 aromatic carbocycles. The van der Waals surface area contributed by atoms with E-state index in [9.17, 15) is 10.1 Å². The molecule has 0 spiro atoms. The van der Waals surface area contributed by atoms with Crippen LogP contribution in [0.25, 0.3) is 0 Å². The molecule has 1 rings (SSSR count). The van der Waals surface area contributed by atoms with Gasteiger partial charge in [-0.2, -0.15) is 4.98 Å². The predicted molar refractivity (Wildman–Crippen MR) is 58.2 cm³/mol. The van der Waals surface area contributed by atoms with E-state index in [0.29, 0.717) is 12.4 Å². The SMILES string of the molecule is Cc1nc(N)c([N+](=O)[O-])c(OCC(C)C)n1. The molecule has 1 heterocycles. The van der Waals surface area contributed by atoms with Gasteiger partial charge in [0.05, 0.1) is 11.5 Å². The van der Waals surface area contributed by atoms with Gasteiger partial charge in [0.25, 0.3) is 5.88 Å². The van der Waals surface area contributed by atoms with Gasteiger partial charge in [-0.3, -0.25) is 10.1 Å².